The number of hydrogen-bond donors (Lipinski definition) is 1. The van der Waals surface area contributed by atoms with E-state index in [-0.39, 0.29) is 23.8 Å². The number of sulfonamides is 1. The zero-order valence-electron chi connectivity index (χ0n) is 19.9. The van der Waals surface area contributed by atoms with Crippen molar-refractivity contribution in [3.05, 3.63) is 71.3 Å². The van der Waals surface area contributed by atoms with E-state index in [4.69, 9.17) is 4.74 Å². The van der Waals surface area contributed by atoms with Crippen molar-refractivity contribution in [2.24, 2.45) is 4.40 Å². The maximum Gasteiger partial charge on any atom is 0.269 e. The highest BCUT2D eigenvalue weighted by atomic mass is 32.2. The molecule has 1 unspecified atom stereocenters. The highest BCUT2D eigenvalue weighted by Crippen LogP contribution is 2.47. The number of hydrogen-bond acceptors (Lipinski definition) is 4. The van der Waals surface area contributed by atoms with Gasteiger partial charge < -0.3 is 9.84 Å². The highest BCUT2D eigenvalue weighted by molar-refractivity contribution is 7.91. The van der Waals surface area contributed by atoms with Crippen molar-refractivity contribution in [1.29, 1.82) is 0 Å². The van der Waals surface area contributed by atoms with Gasteiger partial charge in [0, 0.05) is 13.0 Å². The summed E-state index contributed by atoms with van der Waals surface area (Å²) in [5.74, 6) is 0.113. The van der Waals surface area contributed by atoms with E-state index >= 15 is 0 Å². The lowest BCUT2D eigenvalue weighted by atomic mass is 9.81. The Morgan fingerprint density at radius 2 is 1.59 bits per heavy atom. The van der Waals surface area contributed by atoms with Crippen molar-refractivity contribution in [3.8, 4) is 0 Å². The van der Waals surface area contributed by atoms with Crippen molar-refractivity contribution in [3.63, 3.8) is 0 Å². The molecule has 5 nitrogen and oxygen atoms in total. The van der Waals surface area contributed by atoms with Crippen LogP contribution in [0.25, 0.3) is 0 Å². The second-order valence-electron chi connectivity index (χ2n) is 10.3. The van der Waals surface area contributed by atoms with Gasteiger partial charge in [0.15, 0.2) is 4.75 Å². The second kappa shape index (κ2) is 8.64. The zero-order chi connectivity index (χ0) is 23.8. The molecule has 3 rings (SSSR count). The van der Waals surface area contributed by atoms with E-state index in [2.05, 4.69) is 25.2 Å². The summed E-state index contributed by atoms with van der Waals surface area (Å²) in [5, 5.41) is 9.55. The van der Waals surface area contributed by atoms with Crippen molar-refractivity contribution < 1.29 is 18.3 Å². The third-order valence-electron chi connectivity index (χ3n) is 6.73. The Bertz CT molecular complexity index is 1070. The fourth-order valence-corrected chi connectivity index (χ4v) is 5.95. The van der Waals surface area contributed by atoms with Crippen molar-refractivity contribution >= 4 is 15.9 Å². The topological polar surface area (TPSA) is 76.0 Å². The predicted octanol–water partition coefficient (Wildman–Crippen LogP) is 5.29. The molecule has 174 valence electrons. The number of nitrogens with zero attached hydrogens (tertiary/aromatic N) is 1. The lowest BCUT2D eigenvalue weighted by Crippen LogP contribution is -2.56. The first-order valence-corrected chi connectivity index (χ1v) is 12.5. The van der Waals surface area contributed by atoms with Crippen LogP contribution in [0.1, 0.15) is 77.0 Å². The van der Waals surface area contributed by atoms with Crippen LogP contribution in [-0.2, 0) is 24.9 Å². The normalized spacial score (nSPS) is 23.2. The smallest absolute Gasteiger partial charge is 0.269 e. The molecule has 2 aromatic carbocycles. The molecule has 1 heterocycles. The van der Waals surface area contributed by atoms with Gasteiger partial charge in [-0.2, -0.15) is 0 Å². The van der Waals surface area contributed by atoms with Gasteiger partial charge in [0.2, 0.25) is 5.90 Å². The maximum atomic E-state index is 13.6. The minimum atomic E-state index is -3.92. The fraction of sp³-hybridized carbons (Fsp3) is 0.500. The Morgan fingerprint density at radius 3 is 2.09 bits per heavy atom. The molecular formula is C26H35NO4S. The van der Waals surface area contributed by atoms with Crippen molar-refractivity contribution in [2.75, 3.05) is 6.61 Å². The van der Waals surface area contributed by atoms with E-state index in [0.29, 0.717) is 18.4 Å². The largest absolute Gasteiger partial charge is 0.472 e. The Kier molecular flexibility index (Phi) is 6.60. The third kappa shape index (κ3) is 4.48. The van der Waals surface area contributed by atoms with E-state index < -0.39 is 20.4 Å². The van der Waals surface area contributed by atoms with Crippen LogP contribution < -0.4 is 0 Å². The van der Waals surface area contributed by atoms with Crippen molar-refractivity contribution in [2.45, 2.75) is 76.1 Å². The number of rotatable bonds is 6. The summed E-state index contributed by atoms with van der Waals surface area (Å²) in [6, 6.07) is 17.5. The molecule has 1 aliphatic heterocycles. The zero-order valence-corrected chi connectivity index (χ0v) is 20.7. The third-order valence-corrected chi connectivity index (χ3v) is 8.93. The van der Waals surface area contributed by atoms with Gasteiger partial charge in [-0.25, -0.2) is 8.42 Å². The first-order valence-electron chi connectivity index (χ1n) is 11.1. The predicted molar refractivity (Wildman–Crippen MR) is 130 cm³/mol. The number of aliphatic hydroxyl groups excluding tert-OH is 1. The number of aliphatic hydroxyl groups is 1. The number of ether oxygens (including phenoxy) is 1. The standard InChI is InChI=1S/C26H35NO4S/c1-24(2,3)21-12-14-22(15-13-21)26(6)25(4,5)31-23(27-32(26,29)30)18-20(16-17-28)19-10-8-7-9-11-19/h7-15,20,28H,16-18H2,1-6H3/t20-,26?/m1/s1. The maximum absolute atomic E-state index is 13.6. The molecule has 2 aromatic rings. The van der Waals surface area contributed by atoms with Gasteiger partial charge in [-0.05, 0) is 55.2 Å². The molecule has 0 aliphatic carbocycles. The van der Waals surface area contributed by atoms with Crippen LogP contribution >= 0.6 is 0 Å². The van der Waals surface area contributed by atoms with E-state index in [1.165, 1.54) is 0 Å². The van der Waals surface area contributed by atoms with E-state index in [1.807, 2.05) is 54.6 Å². The molecule has 0 saturated heterocycles. The Labute approximate surface area is 192 Å². The summed E-state index contributed by atoms with van der Waals surface area (Å²) in [7, 11) is -3.92. The van der Waals surface area contributed by atoms with Crippen LogP contribution in [-0.4, -0.2) is 31.6 Å². The summed E-state index contributed by atoms with van der Waals surface area (Å²) in [5.41, 5.74) is 1.76. The monoisotopic (exact) mass is 457 g/mol. The molecule has 6 heteroatoms. The van der Waals surface area contributed by atoms with Crippen LogP contribution in [0.2, 0.25) is 0 Å². The van der Waals surface area contributed by atoms with Crippen LogP contribution in [0.4, 0.5) is 0 Å². The molecule has 0 saturated carbocycles. The molecule has 0 fully saturated rings. The lowest BCUT2D eigenvalue weighted by molar-refractivity contribution is 0.0424. The molecule has 32 heavy (non-hydrogen) atoms. The van der Waals surface area contributed by atoms with Gasteiger partial charge >= 0.3 is 0 Å². The van der Waals surface area contributed by atoms with Crippen molar-refractivity contribution in [1.82, 2.24) is 0 Å². The van der Waals surface area contributed by atoms with Crippen LogP contribution in [0.15, 0.2) is 59.0 Å². The summed E-state index contributed by atoms with van der Waals surface area (Å²) < 4.78 is 36.2. The van der Waals surface area contributed by atoms with Gasteiger partial charge in [-0.1, -0.05) is 75.4 Å². The average molecular weight is 458 g/mol. The molecule has 0 amide bonds. The minimum absolute atomic E-state index is 0.000818. The van der Waals surface area contributed by atoms with E-state index in [9.17, 15) is 13.5 Å². The molecule has 0 spiro atoms. The Hall–Kier alpha value is -2.18. The quantitative estimate of drug-likeness (QED) is 0.639. The average Bonchev–Trinajstić information content (AvgIpc) is 2.71. The molecule has 0 radical (unpaired) electrons. The Balaban J connectivity index is 1.99. The first-order chi connectivity index (χ1) is 14.8. The van der Waals surface area contributed by atoms with Crippen LogP contribution in [0.5, 0.6) is 0 Å². The summed E-state index contributed by atoms with van der Waals surface area (Å²) in [4.78, 5) is 0. The molecule has 1 N–H and O–H groups in total. The van der Waals surface area contributed by atoms with Crippen LogP contribution in [0.3, 0.4) is 0 Å². The first kappa shape index (κ1) is 24.5. The van der Waals surface area contributed by atoms with E-state index in [0.717, 1.165) is 11.1 Å². The summed E-state index contributed by atoms with van der Waals surface area (Å²) >= 11 is 0. The van der Waals surface area contributed by atoms with Gasteiger partial charge in [-0.15, -0.1) is 4.40 Å². The molecular weight excluding hydrogens is 422 g/mol. The summed E-state index contributed by atoms with van der Waals surface area (Å²) in [6.07, 6.45) is 0.810. The molecule has 1 aliphatic rings. The van der Waals surface area contributed by atoms with Gasteiger partial charge in [0.05, 0.1) is 0 Å². The Morgan fingerprint density at radius 1 is 1.00 bits per heavy atom. The number of benzene rings is 2. The highest BCUT2D eigenvalue weighted by Gasteiger charge is 2.58. The fourth-order valence-electron chi connectivity index (χ4n) is 4.29. The lowest BCUT2D eigenvalue weighted by Gasteiger charge is -2.45. The molecule has 0 bridgehead atoms. The molecule has 2 atom stereocenters. The minimum Gasteiger partial charge on any atom is -0.472 e. The van der Waals surface area contributed by atoms with Gasteiger partial charge in [-0.3, -0.25) is 0 Å². The van der Waals surface area contributed by atoms with Gasteiger partial charge in [0.25, 0.3) is 10.0 Å². The van der Waals surface area contributed by atoms with Crippen LogP contribution in [0, 0.1) is 0 Å². The second-order valence-corrected chi connectivity index (χ2v) is 12.2. The van der Waals surface area contributed by atoms with Gasteiger partial charge in [0.1, 0.15) is 5.60 Å². The van der Waals surface area contributed by atoms with E-state index in [1.54, 1.807) is 20.8 Å². The SMILES string of the molecule is CC(C)(C)c1ccc(C2(C)C(C)(C)OC(C[C@@H](CCO)c3ccccc3)=NS2(=O)=O)cc1. The summed E-state index contributed by atoms with van der Waals surface area (Å²) in [6.45, 7) is 11.7. The molecule has 0 aromatic heterocycles.